The molecule has 3 aromatic rings. The summed E-state index contributed by atoms with van der Waals surface area (Å²) < 4.78 is 0.480. The Labute approximate surface area is 242 Å². The first-order valence-corrected chi connectivity index (χ1v) is 14.3. The smallest absolute Gasteiger partial charge is 0.337 e. The number of carbonyl (C=O) groups is 3. The number of hydrogen-bond acceptors (Lipinski definition) is 10. The summed E-state index contributed by atoms with van der Waals surface area (Å²) in [6, 6.07) is 15.8. The average Bonchev–Trinajstić information content (AvgIpc) is 3.41. The molecule has 40 heavy (non-hydrogen) atoms. The fourth-order valence-corrected chi connectivity index (χ4v) is 6.61. The second kappa shape index (κ2) is 11.5. The predicted molar refractivity (Wildman–Crippen MR) is 152 cm³/mol. The second-order valence-electron chi connectivity index (χ2n) is 8.91. The van der Waals surface area contributed by atoms with Crippen molar-refractivity contribution < 1.29 is 19.5 Å². The van der Waals surface area contributed by atoms with Gasteiger partial charge in [0.15, 0.2) is 10.1 Å². The van der Waals surface area contributed by atoms with E-state index in [0.29, 0.717) is 45.7 Å². The molecule has 0 radical (unpaired) electrons. The molecule has 0 saturated carbocycles. The molecule has 2 aliphatic rings. The molecular weight excluding hydrogens is 572 g/mol. The Hall–Kier alpha value is -4.18. The van der Waals surface area contributed by atoms with Crippen molar-refractivity contribution in [2.75, 3.05) is 16.0 Å². The van der Waals surface area contributed by atoms with Crippen LogP contribution in [-0.2, 0) is 9.59 Å². The molecule has 0 fully saturated rings. The number of allylic oxidation sites excluding steroid dienone is 3. The number of carbonyl (C=O) groups excluding carboxylic acids is 2. The number of carboxylic acid groups (broad SMARTS) is 1. The normalized spacial score (nSPS) is 16.9. The summed E-state index contributed by atoms with van der Waals surface area (Å²) in [7, 11) is 0. The van der Waals surface area contributed by atoms with Gasteiger partial charge in [0, 0.05) is 23.4 Å². The lowest BCUT2D eigenvalue weighted by Gasteiger charge is -2.38. The molecule has 1 unspecified atom stereocenters. The lowest BCUT2D eigenvalue weighted by molar-refractivity contribution is -0.116. The van der Waals surface area contributed by atoms with E-state index in [4.69, 9.17) is 17.3 Å². The van der Waals surface area contributed by atoms with E-state index < -0.39 is 11.9 Å². The number of nitrogens with two attached hydrogens (primary N) is 1. The van der Waals surface area contributed by atoms with Gasteiger partial charge >= 0.3 is 5.97 Å². The van der Waals surface area contributed by atoms with Crippen LogP contribution in [0, 0.1) is 11.3 Å². The summed E-state index contributed by atoms with van der Waals surface area (Å²) in [6.45, 7) is 0. The van der Waals surface area contributed by atoms with Crippen molar-refractivity contribution in [3.8, 4) is 6.07 Å². The highest BCUT2D eigenvalue weighted by Gasteiger charge is 2.41. The molecule has 0 saturated heterocycles. The minimum Gasteiger partial charge on any atom is -0.478 e. The number of hydrogen-bond donors (Lipinski definition) is 3. The van der Waals surface area contributed by atoms with Crippen molar-refractivity contribution in [3.05, 3.63) is 87.3 Å². The average molecular weight is 593 g/mol. The molecule has 10 nitrogen and oxygen atoms in total. The number of nitrogens with one attached hydrogen (secondary N) is 1. The van der Waals surface area contributed by atoms with E-state index in [9.17, 15) is 24.8 Å². The highest BCUT2D eigenvalue weighted by atomic mass is 35.5. The molecule has 2 aromatic carbocycles. The SMILES string of the molecule is N#CC1=C(N)N(c2nnc(SCC(=O)Nc3ccc(Cl)c(C(=O)O)c3)s2)C2=C(C(=O)CCC2)C1c1ccccc1. The van der Waals surface area contributed by atoms with Crippen LogP contribution < -0.4 is 16.0 Å². The monoisotopic (exact) mass is 592 g/mol. The van der Waals surface area contributed by atoms with Gasteiger partial charge < -0.3 is 16.2 Å². The zero-order chi connectivity index (χ0) is 28.4. The van der Waals surface area contributed by atoms with Crippen molar-refractivity contribution in [2.45, 2.75) is 29.5 Å². The number of nitrogens with zero attached hydrogens (tertiary/aromatic N) is 4. The number of aromatic carboxylic acids is 1. The van der Waals surface area contributed by atoms with Crippen LogP contribution in [0.15, 0.2) is 75.5 Å². The van der Waals surface area contributed by atoms with Gasteiger partial charge in [-0.1, -0.05) is 65.0 Å². The lowest BCUT2D eigenvalue weighted by Crippen LogP contribution is -2.38. The number of aromatic nitrogens is 2. The van der Waals surface area contributed by atoms with E-state index in [1.165, 1.54) is 29.5 Å². The van der Waals surface area contributed by atoms with Gasteiger partial charge in [0.25, 0.3) is 0 Å². The third-order valence-electron chi connectivity index (χ3n) is 6.44. The van der Waals surface area contributed by atoms with Gasteiger partial charge in [-0.25, -0.2) is 4.79 Å². The zero-order valence-corrected chi connectivity index (χ0v) is 23.1. The molecule has 4 N–H and O–H groups in total. The Kier molecular flexibility index (Phi) is 7.88. The molecule has 1 atom stereocenters. The topological polar surface area (TPSA) is 162 Å². The number of anilines is 2. The van der Waals surface area contributed by atoms with Crippen molar-refractivity contribution >= 4 is 63.2 Å². The fourth-order valence-electron chi connectivity index (χ4n) is 4.73. The minimum atomic E-state index is -1.20. The predicted octanol–water partition coefficient (Wildman–Crippen LogP) is 4.93. The number of benzene rings is 2. The third kappa shape index (κ3) is 5.31. The Balaban J connectivity index is 1.38. The van der Waals surface area contributed by atoms with Crippen LogP contribution in [0.25, 0.3) is 0 Å². The molecule has 0 spiro atoms. The van der Waals surface area contributed by atoms with Crippen LogP contribution >= 0.6 is 34.7 Å². The Morgan fingerprint density at radius 1 is 1.23 bits per heavy atom. The van der Waals surface area contributed by atoms with Crippen molar-refractivity contribution in [1.29, 1.82) is 5.26 Å². The highest BCUT2D eigenvalue weighted by Crippen LogP contribution is 2.47. The Bertz CT molecular complexity index is 1630. The number of rotatable bonds is 7. The number of halogens is 1. The number of thioether (sulfide) groups is 1. The van der Waals surface area contributed by atoms with Crippen molar-refractivity contribution in [1.82, 2.24) is 10.2 Å². The summed E-state index contributed by atoms with van der Waals surface area (Å²) in [5.41, 5.74) is 9.10. The Morgan fingerprint density at radius 2 is 2.00 bits per heavy atom. The van der Waals surface area contributed by atoms with Crippen LogP contribution in [0.2, 0.25) is 5.02 Å². The maximum atomic E-state index is 13.2. The number of nitriles is 1. The van der Waals surface area contributed by atoms with Crippen LogP contribution in [0.1, 0.15) is 41.1 Å². The maximum Gasteiger partial charge on any atom is 0.337 e. The van der Waals surface area contributed by atoms with Gasteiger partial charge in [0.05, 0.1) is 33.9 Å². The highest BCUT2D eigenvalue weighted by molar-refractivity contribution is 8.01. The van der Waals surface area contributed by atoms with Gasteiger partial charge in [-0.15, -0.1) is 10.2 Å². The quantitative estimate of drug-likeness (QED) is 0.321. The maximum absolute atomic E-state index is 13.2. The van der Waals surface area contributed by atoms with E-state index in [-0.39, 0.29) is 39.4 Å². The number of amides is 1. The molecule has 1 aromatic heterocycles. The molecule has 13 heteroatoms. The molecule has 5 rings (SSSR count). The van der Waals surface area contributed by atoms with Crippen LogP contribution in [0.4, 0.5) is 10.8 Å². The summed E-state index contributed by atoms with van der Waals surface area (Å²) >= 11 is 8.22. The molecule has 1 aliphatic carbocycles. The molecule has 1 aliphatic heterocycles. The van der Waals surface area contributed by atoms with Crippen LogP contribution in [-0.4, -0.2) is 38.7 Å². The van der Waals surface area contributed by atoms with Crippen molar-refractivity contribution in [3.63, 3.8) is 0 Å². The van der Waals surface area contributed by atoms with E-state index in [1.807, 2.05) is 30.3 Å². The molecular formula is C27H21ClN6O4S2. The second-order valence-corrected chi connectivity index (χ2v) is 11.5. The summed E-state index contributed by atoms with van der Waals surface area (Å²) in [5, 5.41) is 30.9. The van der Waals surface area contributed by atoms with E-state index in [2.05, 4.69) is 21.6 Å². The van der Waals surface area contributed by atoms with Crippen LogP contribution in [0.3, 0.4) is 0 Å². The van der Waals surface area contributed by atoms with Gasteiger partial charge in [-0.05, 0) is 36.6 Å². The standard InChI is InChI=1S/C27H21ClN6O4S2/c28-18-10-9-15(11-16(18)25(37)38)31-21(36)13-39-27-33-32-26(40-27)34-19-7-4-8-20(35)23(19)22(17(12-29)24(34)30)14-5-2-1-3-6-14/h1-3,5-6,9-11,22H,4,7-8,13,30H2,(H,31,36)(H,37,38). The van der Waals surface area contributed by atoms with Gasteiger partial charge in [0.2, 0.25) is 11.0 Å². The first kappa shape index (κ1) is 27.4. The first-order valence-electron chi connectivity index (χ1n) is 12.1. The molecule has 202 valence electrons. The molecule has 0 bridgehead atoms. The van der Waals surface area contributed by atoms with Crippen molar-refractivity contribution in [2.24, 2.45) is 5.73 Å². The third-order valence-corrected chi connectivity index (χ3v) is 8.81. The van der Waals surface area contributed by atoms with E-state index >= 15 is 0 Å². The molecule has 1 amide bonds. The summed E-state index contributed by atoms with van der Waals surface area (Å²) in [6.07, 6.45) is 1.63. The number of ketones is 1. The number of carboxylic acids is 1. The zero-order valence-electron chi connectivity index (χ0n) is 20.8. The Morgan fingerprint density at radius 3 is 2.73 bits per heavy atom. The van der Waals surface area contributed by atoms with E-state index in [0.717, 1.165) is 17.3 Å². The van der Waals surface area contributed by atoms with Gasteiger partial charge in [0.1, 0.15) is 5.82 Å². The summed E-state index contributed by atoms with van der Waals surface area (Å²) in [4.78, 5) is 38.6. The fraction of sp³-hybridized carbons (Fsp3) is 0.185. The lowest BCUT2D eigenvalue weighted by atomic mass is 9.76. The molecule has 2 heterocycles. The minimum absolute atomic E-state index is 0.0169. The van der Waals surface area contributed by atoms with Gasteiger partial charge in [-0.3, -0.25) is 14.5 Å². The first-order chi connectivity index (χ1) is 19.3. The van der Waals surface area contributed by atoms with E-state index in [1.54, 1.807) is 4.90 Å². The van der Waals surface area contributed by atoms with Gasteiger partial charge in [-0.2, -0.15) is 5.26 Å². The summed E-state index contributed by atoms with van der Waals surface area (Å²) in [5.74, 6) is -1.97. The van der Waals surface area contributed by atoms with Crippen LogP contribution in [0.5, 0.6) is 0 Å². The largest absolute Gasteiger partial charge is 0.478 e. The number of Topliss-reactive ketones (excluding diaryl/α,β-unsaturated/α-hetero) is 1.